The first-order valence-electron chi connectivity index (χ1n) is 5.42. The molecule has 1 unspecified atom stereocenters. The van der Waals surface area contributed by atoms with Crippen LogP contribution in [0.4, 0.5) is 5.82 Å². The highest BCUT2D eigenvalue weighted by Gasteiger charge is 2.07. The largest absolute Gasteiger partial charge is 0.369 e. The lowest BCUT2D eigenvalue weighted by molar-refractivity contribution is 0.501. The average Bonchev–Trinajstić information content (AvgIpc) is 2.26. The fraction of sp³-hybridized carbons (Fsp3) is 0.545. The number of nitrogens with two attached hydrogens (primary N) is 1. The highest BCUT2D eigenvalue weighted by atomic mass is 79.9. The molecule has 0 radical (unpaired) electrons. The Labute approximate surface area is 113 Å². The minimum atomic E-state index is 0.613. The summed E-state index contributed by atoms with van der Waals surface area (Å²) >= 11 is 6.86. The fourth-order valence-electron chi connectivity index (χ4n) is 1.47. The van der Waals surface area contributed by atoms with Gasteiger partial charge in [-0.1, -0.05) is 13.3 Å². The van der Waals surface area contributed by atoms with Gasteiger partial charge in [0.25, 0.3) is 0 Å². The van der Waals surface area contributed by atoms with Gasteiger partial charge in [-0.25, -0.2) is 4.98 Å². The first-order chi connectivity index (χ1) is 7.67. The number of halogens is 2. The molecule has 0 aliphatic carbocycles. The first kappa shape index (κ1) is 13.9. The Balaban J connectivity index is 2.53. The fourth-order valence-corrected chi connectivity index (χ4v) is 2.60. The van der Waals surface area contributed by atoms with Gasteiger partial charge in [-0.3, -0.25) is 0 Å². The van der Waals surface area contributed by atoms with E-state index in [9.17, 15) is 0 Å². The van der Waals surface area contributed by atoms with Gasteiger partial charge < -0.3 is 11.1 Å². The molecule has 0 amide bonds. The third-order valence-electron chi connectivity index (χ3n) is 2.52. The molecule has 1 atom stereocenters. The van der Waals surface area contributed by atoms with Crippen molar-refractivity contribution >= 4 is 37.7 Å². The van der Waals surface area contributed by atoms with Crippen LogP contribution in [-0.2, 0) is 0 Å². The van der Waals surface area contributed by atoms with Gasteiger partial charge in [0, 0.05) is 17.2 Å². The topological polar surface area (TPSA) is 50.9 Å². The summed E-state index contributed by atoms with van der Waals surface area (Å²) in [7, 11) is 0. The van der Waals surface area contributed by atoms with E-state index < -0.39 is 0 Å². The summed E-state index contributed by atoms with van der Waals surface area (Å²) in [6.07, 6.45) is 3.98. The summed E-state index contributed by atoms with van der Waals surface area (Å²) in [5.41, 5.74) is 5.56. The Bertz CT molecular complexity index is 331. The molecule has 0 spiro atoms. The van der Waals surface area contributed by atoms with Crippen LogP contribution in [0.15, 0.2) is 21.2 Å². The maximum absolute atomic E-state index is 5.56. The van der Waals surface area contributed by atoms with Gasteiger partial charge in [-0.2, -0.15) is 0 Å². The van der Waals surface area contributed by atoms with Crippen molar-refractivity contribution in [2.75, 3.05) is 18.4 Å². The van der Waals surface area contributed by atoms with Crippen molar-refractivity contribution in [2.45, 2.75) is 19.8 Å². The van der Waals surface area contributed by atoms with E-state index in [1.165, 1.54) is 0 Å². The van der Waals surface area contributed by atoms with E-state index in [2.05, 4.69) is 49.1 Å². The molecule has 3 nitrogen and oxygen atoms in total. The lowest BCUT2D eigenvalue weighted by atomic mass is 10.0. The summed E-state index contributed by atoms with van der Waals surface area (Å²) in [4.78, 5) is 4.31. The number of hydrogen-bond acceptors (Lipinski definition) is 3. The molecule has 1 aromatic heterocycles. The van der Waals surface area contributed by atoms with Crippen LogP contribution >= 0.6 is 31.9 Å². The van der Waals surface area contributed by atoms with Gasteiger partial charge >= 0.3 is 0 Å². The van der Waals surface area contributed by atoms with Crippen LogP contribution in [0.25, 0.3) is 0 Å². The van der Waals surface area contributed by atoms with Crippen LogP contribution in [0.1, 0.15) is 19.8 Å². The minimum absolute atomic E-state index is 0.613. The summed E-state index contributed by atoms with van der Waals surface area (Å²) in [6.45, 7) is 3.85. The van der Waals surface area contributed by atoms with Crippen LogP contribution in [0.2, 0.25) is 0 Å². The number of nitrogens with zero attached hydrogens (tertiary/aromatic N) is 1. The zero-order valence-corrected chi connectivity index (χ0v) is 12.5. The predicted octanol–water partition coefficient (Wildman–Crippen LogP) is 3.39. The van der Waals surface area contributed by atoms with Crippen LogP contribution in [0.5, 0.6) is 0 Å². The molecule has 0 aromatic carbocycles. The third-order valence-corrected chi connectivity index (χ3v) is 3.56. The minimum Gasteiger partial charge on any atom is -0.369 e. The van der Waals surface area contributed by atoms with Crippen molar-refractivity contribution < 1.29 is 0 Å². The number of hydrogen-bond donors (Lipinski definition) is 2. The van der Waals surface area contributed by atoms with Gasteiger partial charge in [0.1, 0.15) is 5.82 Å². The van der Waals surface area contributed by atoms with Gasteiger partial charge in [-0.05, 0) is 56.8 Å². The second-order valence-corrected chi connectivity index (χ2v) is 5.49. The lowest BCUT2D eigenvalue weighted by Crippen LogP contribution is -2.18. The van der Waals surface area contributed by atoms with Crippen LogP contribution in [0.3, 0.4) is 0 Å². The Kier molecular flexibility index (Phi) is 6.31. The molecule has 1 heterocycles. The number of nitrogens with one attached hydrogen (secondary N) is 1. The van der Waals surface area contributed by atoms with E-state index in [0.29, 0.717) is 5.92 Å². The normalized spacial score (nSPS) is 12.5. The van der Waals surface area contributed by atoms with E-state index in [0.717, 1.165) is 40.7 Å². The maximum Gasteiger partial charge on any atom is 0.140 e. The Morgan fingerprint density at radius 2 is 2.25 bits per heavy atom. The van der Waals surface area contributed by atoms with Gasteiger partial charge in [0.05, 0.1) is 4.47 Å². The van der Waals surface area contributed by atoms with Crippen molar-refractivity contribution in [3.05, 3.63) is 21.2 Å². The van der Waals surface area contributed by atoms with Gasteiger partial charge in [0.15, 0.2) is 0 Å². The van der Waals surface area contributed by atoms with Crippen LogP contribution in [-0.4, -0.2) is 18.1 Å². The Morgan fingerprint density at radius 1 is 1.50 bits per heavy atom. The summed E-state index contributed by atoms with van der Waals surface area (Å²) in [5, 5.41) is 3.34. The van der Waals surface area contributed by atoms with Crippen molar-refractivity contribution in [3.63, 3.8) is 0 Å². The number of aromatic nitrogens is 1. The highest BCUT2D eigenvalue weighted by Crippen LogP contribution is 2.23. The van der Waals surface area contributed by atoms with E-state index in [-0.39, 0.29) is 0 Å². The summed E-state index contributed by atoms with van der Waals surface area (Å²) < 4.78 is 1.95. The van der Waals surface area contributed by atoms with Crippen molar-refractivity contribution in [2.24, 2.45) is 11.7 Å². The molecule has 0 saturated heterocycles. The molecular weight excluding hydrogens is 334 g/mol. The van der Waals surface area contributed by atoms with E-state index in [4.69, 9.17) is 5.73 Å². The number of anilines is 1. The highest BCUT2D eigenvalue weighted by molar-refractivity contribution is 9.11. The van der Waals surface area contributed by atoms with E-state index in [1.807, 2.05) is 6.07 Å². The van der Waals surface area contributed by atoms with Crippen molar-refractivity contribution in [1.29, 1.82) is 0 Å². The Morgan fingerprint density at radius 3 is 2.81 bits per heavy atom. The molecule has 1 rings (SSSR count). The summed E-state index contributed by atoms with van der Waals surface area (Å²) in [5.74, 6) is 1.50. The SMILES string of the molecule is CCC(CCN)CNc1ncc(Br)cc1Br. The van der Waals surface area contributed by atoms with Crippen LogP contribution in [0, 0.1) is 5.92 Å². The molecular formula is C11H17Br2N3. The van der Waals surface area contributed by atoms with Crippen molar-refractivity contribution in [1.82, 2.24) is 4.98 Å². The molecule has 0 bridgehead atoms. The smallest absolute Gasteiger partial charge is 0.140 e. The maximum atomic E-state index is 5.56. The molecule has 5 heteroatoms. The average molecular weight is 351 g/mol. The summed E-state index contributed by atoms with van der Waals surface area (Å²) in [6, 6.07) is 1.99. The third kappa shape index (κ3) is 4.39. The molecule has 0 aliphatic heterocycles. The van der Waals surface area contributed by atoms with E-state index in [1.54, 1.807) is 6.20 Å². The lowest BCUT2D eigenvalue weighted by Gasteiger charge is -2.15. The van der Waals surface area contributed by atoms with E-state index >= 15 is 0 Å². The molecule has 16 heavy (non-hydrogen) atoms. The quantitative estimate of drug-likeness (QED) is 0.826. The number of pyridine rings is 1. The van der Waals surface area contributed by atoms with Crippen molar-refractivity contribution in [3.8, 4) is 0 Å². The molecule has 3 N–H and O–H groups in total. The van der Waals surface area contributed by atoms with Gasteiger partial charge in [-0.15, -0.1) is 0 Å². The monoisotopic (exact) mass is 349 g/mol. The second-order valence-electron chi connectivity index (χ2n) is 3.72. The molecule has 1 aromatic rings. The number of rotatable bonds is 6. The zero-order valence-electron chi connectivity index (χ0n) is 9.34. The van der Waals surface area contributed by atoms with Crippen LogP contribution < -0.4 is 11.1 Å². The first-order valence-corrected chi connectivity index (χ1v) is 7.01. The Hall–Kier alpha value is -0.130. The molecule has 0 fully saturated rings. The molecule has 0 saturated carbocycles. The molecule has 0 aliphatic rings. The zero-order chi connectivity index (χ0) is 12.0. The van der Waals surface area contributed by atoms with Gasteiger partial charge in [0.2, 0.25) is 0 Å². The second kappa shape index (κ2) is 7.25. The standard InChI is InChI=1S/C11H17Br2N3/c1-2-8(3-4-14)6-15-11-10(13)5-9(12)7-16-11/h5,7-8H,2-4,6,14H2,1H3,(H,15,16). The predicted molar refractivity (Wildman–Crippen MR) is 75.6 cm³/mol. The molecule has 90 valence electrons.